The highest BCUT2D eigenvalue weighted by molar-refractivity contribution is 6.24. The fraction of sp³-hybridized carbons (Fsp3) is 0. The Bertz CT molecular complexity index is 3010. The lowest BCUT2D eigenvalue weighted by atomic mass is 9.96. The van der Waals surface area contributed by atoms with Gasteiger partial charge in [-0.2, -0.15) is 0 Å². The molecule has 0 radical (unpaired) electrons. The van der Waals surface area contributed by atoms with E-state index >= 15 is 0 Å². The molecule has 1 aromatic heterocycles. The van der Waals surface area contributed by atoms with Crippen LogP contribution in [0.4, 0.5) is 17.1 Å². The van der Waals surface area contributed by atoms with Gasteiger partial charge in [-0.05, 0) is 110 Å². The highest BCUT2D eigenvalue weighted by Gasteiger charge is 2.26. The van der Waals surface area contributed by atoms with Crippen molar-refractivity contribution in [1.82, 2.24) is 4.57 Å². The van der Waals surface area contributed by atoms with E-state index in [1.165, 1.54) is 82.4 Å². The van der Waals surface area contributed by atoms with Crippen LogP contribution >= 0.6 is 0 Å². The molecule has 0 amide bonds. The lowest BCUT2D eigenvalue weighted by Gasteiger charge is -2.26. The van der Waals surface area contributed by atoms with Gasteiger partial charge in [0.1, 0.15) is 0 Å². The molecular formula is C50H32N2. The Labute approximate surface area is 302 Å². The maximum atomic E-state index is 2.43. The summed E-state index contributed by atoms with van der Waals surface area (Å²) in [6, 6.07) is 70.9. The number of hydrogen-bond donors (Lipinski definition) is 0. The summed E-state index contributed by atoms with van der Waals surface area (Å²) in [5, 5.41) is 7.69. The third-order valence-corrected chi connectivity index (χ3v) is 10.9. The maximum absolute atomic E-state index is 2.43. The third-order valence-electron chi connectivity index (χ3n) is 10.9. The Hall–Kier alpha value is -6.90. The van der Waals surface area contributed by atoms with Crippen LogP contribution in [0.15, 0.2) is 194 Å². The Kier molecular flexibility index (Phi) is 6.28. The molecule has 0 fully saturated rings. The van der Waals surface area contributed by atoms with Crippen LogP contribution in [0.25, 0.3) is 82.4 Å². The first kappa shape index (κ1) is 28.9. The zero-order chi connectivity index (χ0) is 34.2. The summed E-state index contributed by atoms with van der Waals surface area (Å²) >= 11 is 0. The van der Waals surface area contributed by atoms with Crippen LogP contribution in [0.2, 0.25) is 0 Å². The number of aromatic nitrogens is 1. The fourth-order valence-corrected chi connectivity index (χ4v) is 8.65. The molecule has 2 nitrogen and oxygen atoms in total. The van der Waals surface area contributed by atoms with Crippen molar-refractivity contribution in [3.05, 3.63) is 194 Å². The molecule has 0 atom stereocenters. The molecule has 1 aliphatic carbocycles. The van der Waals surface area contributed by atoms with E-state index in [9.17, 15) is 0 Å². The van der Waals surface area contributed by atoms with E-state index in [1.54, 1.807) is 0 Å². The standard InChI is InChI=1S/C50H32N2/c1-3-14-33(15-4-1)39-20-9-11-24-46(39)52-47-25-12-10-22-41(47)45-32-38(27-29-48(45)52)51(36-18-5-2-6-19-36)37-26-28-43-44(31-37)42-23-13-17-35-30-34-16-7-8-21-40(34)50(43)49(35)42/h1-32H. The first-order chi connectivity index (χ1) is 25.8. The molecule has 1 heterocycles. The molecular weight excluding hydrogens is 629 g/mol. The van der Waals surface area contributed by atoms with Crippen LogP contribution in [0, 0.1) is 0 Å². The van der Waals surface area contributed by atoms with Gasteiger partial charge < -0.3 is 9.47 Å². The summed E-state index contributed by atoms with van der Waals surface area (Å²) in [6.45, 7) is 0. The van der Waals surface area contributed by atoms with Gasteiger partial charge in [-0.25, -0.2) is 0 Å². The minimum absolute atomic E-state index is 1.12. The molecule has 2 heteroatoms. The highest BCUT2D eigenvalue weighted by Crippen LogP contribution is 2.52. The van der Waals surface area contributed by atoms with E-state index in [0.29, 0.717) is 0 Å². The molecule has 0 spiro atoms. The quantitative estimate of drug-likeness (QED) is 0.167. The van der Waals surface area contributed by atoms with Crippen LogP contribution in [0.5, 0.6) is 0 Å². The van der Waals surface area contributed by atoms with E-state index < -0.39 is 0 Å². The van der Waals surface area contributed by atoms with Crippen LogP contribution in [-0.2, 0) is 0 Å². The van der Waals surface area contributed by atoms with Crippen LogP contribution in [-0.4, -0.2) is 4.57 Å². The molecule has 0 unspecified atom stereocenters. The Morgan fingerprint density at radius 1 is 0.346 bits per heavy atom. The van der Waals surface area contributed by atoms with Crippen molar-refractivity contribution >= 4 is 60.4 Å². The molecule has 0 saturated heterocycles. The predicted molar refractivity (Wildman–Crippen MR) is 220 cm³/mol. The first-order valence-corrected chi connectivity index (χ1v) is 17.9. The number of anilines is 3. The van der Waals surface area contributed by atoms with Crippen LogP contribution < -0.4 is 4.90 Å². The lowest BCUT2D eigenvalue weighted by Crippen LogP contribution is -2.10. The van der Waals surface area contributed by atoms with Gasteiger partial charge in [0.15, 0.2) is 0 Å². The zero-order valence-electron chi connectivity index (χ0n) is 28.4. The first-order valence-electron chi connectivity index (χ1n) is 17.9. The van der Waals surface area contributed by atoms with E-state index in [2.05, 4.69) is 204 Å². The number of para-hydroxylation sites is 3. The molecule has 0 aliphatic heterocycles. The van der Waals surface area contributed by atoms with E-state index in [1.807, 2.05) is 0 Å². The van der Waals surface area contributed by atoms with Crippen molar-refractivity contribution in [2.75, 3.05) is 4.90 Å². The molecule has 52 heavy (non-hydrogen) atoms. The van der Waals surface area contributed by atoms with Crippen molar-refractivity contribution in [3.63, 3.8) is 0 Å². The minimum Gasteiger partial charge on any atom is -0.310 e. The minimum atomic E-state index is 1.12. The van der Waals surface area contributed by atoms with Gasteiger partial charge in [0, 0.05) is 33.4 Å². The molecule has 11 rings (SSSR count). The second-order valence-corrected chi connectivity index (χ2v) is 13.7. The Balaban J connectivity index is 1.12. The monoisotopic (exact) mass is 660 g/mol. The summed E-state index contributed by atoms with van der Waals surface area (Å²) < 4.78 is 2.43. The van der Waals surface area contributed by atoms with Crippen LogP contribution in [0.1, 0.15) is 0 Å². The Morgan fingerprint density at radius 3 is 1.88 bits per heavy atom. The van der Waals surface area contributed by atoms with Crippen molar-refractivity contribution < 1.29 is 0 Å². The number of hydrogen-bond acceptors (Lipinski definition) is 1. The van der Waals surface area contributed by atoms with Gasteiger partial charge in [-0.3, -0.25) is 0 Å². The Morgan fingerprint density at radius 2 is 1.00 bits per heavy atom. The molecule has 0 saturated carbocycles. The van der Waals surface area contributed by atoms with Crippen molar-refractivity contribution in [1.29, 1.82) is 0 Å². The number of nitrogens with zero attached hydrogens (tertiary/aromatic N) is 2. The summed E-state index contributed by atoms with van der Waals surface area (Å²) in [5.41, 5.74) is 14.6. The van der Waals surface area contributed by atoms with Crippen molar-refractivity contribution in [2.24, 2.45) is 0 Å². The van der Waals surface area contributed by atoms with Gasteiger partial charge in [0.2, 0.25) is 0 Å². The smallest absolute Gasteiger partial charge is 0.0542 e. The fourth-order valence-electron chi connectivity index (χ4n) is 8.65. The van der Waals surface area contributed by atoms with Gasteiger partial charge in [-0.15, -0.1) is 0 Å². The molecule has 1 aliphatic rings. The molecule has 0 N–H and O–H groups in total. The molecule has 9 aromatic carbocycles. The van der Waals surface area contributed by atoms with E-state index in [0.717, 1.165) is 17.1 Å². The predicted octanol–water partition coefficient (Wildman–Crippen LogP) is 13.9. The summed E-state index contributed by atoms with van der Waals surface area (Å²) in [7, 11) is 0. The highest BCUT2D eigenvalue weighted by atomic mass is 15.1. The topological polar surface area (TPSA) is 8.17 Å². The normalized spacial score (nSPS) is 11.8. The maximum Gasteiger partial charge on any atom is 0.0542 e. The van der Waals surface area contributed by atoms with Gasteiger partial charge in [0.05, 0.1) is 16.7 Å². The van der Waals surface area contributed by atoms with Crippen molar-refractivity contribution in [2.45, 2.75) is 0 Å². The summed E-state index contributed by atoms with van der Waals surface area (Å²) in [4.78, 5) is 2.41. The lowest BCUT2D eigenvalue weighted by molar-refractivity contribution is 1.18. The molecule has 242 valence electrons. The third kappa shape index (κ3) is 4.25. The van der Waals surface area contributed by atoms with Crippen LogP contribution in [0.3, 0.4) is 0 Å². The average Bonchev–Trinajstić information content (AvgIpc) is 3.72. The zero-order valence-corrected chi connectivity index (χ0v) is 28.4. The summed E-state index contributed by atoms with van der Waals surface area (Å²) in [6.07, 6.45) is 0. The summed E-state index contributed by atoms with van der Waals surface area (Å²) in [5.74, 6) is 0. The average molecular weight is 661 g/mol. The van der Waals surface area contributed by atoms with Gasteiger partial charge >= 0.3 is 0 Å². The second-order valence-electron chi connectivity index (χ2n) is 13.7. The molecule has 0 bridgehead atoms. The van der Waals surface area contributed by atoms with Gasteiger partial charge in [0.25, 0.3) is 0 Å². The largest absolute Gasteiger partial charge is 0.310 e. The second kappa shape index (κ2) is 11.3. The molecule has 10 aromatic rings. The SMILES string of the molecule is c1ccc(-c2ccccc2-n2c3ccccc3c3cc(N(c4ccccc4)c4ccc5c(c4)-c4cccc6cc7ccccc7c-5c46)ccc32)cc1. The number of benzene rings is 9. The van der Waals surface area contributed by atoms with E-state index in [-0.39, 0.29) is 0 Å². The number of rotatable bonds is 5. The number of fused-ring (bicyclic) bond motifs is 8. The van der Waals surface area contributed by atoms with E-state index in [4.69, 9.17) is 0 Å². The van der Waals surface area contributed by atoms with Gasteiger partial charge in [-0.1, -0.05) is 133 Å². The van der Waals surface area contributed by atoms with Crippen molar-refractivity contribution in [3.8, 4) is 39.1 Å².